The molecular formula is C14H22BrN3O2. The molecule has 6 heteroatoms. The standard InChI is InChI=1S/C14H22BrN3O2/c1-10(2)18(7-6-14(16)17-19)9-11-4-5-13(20-3)12(15)8-11/h4-5,8,10,19H,6-7,9H2,1-3H3,(H2,16,17). The largest absolute Gasteiger partial charge is 0.496 e. The van der Waals surface area contributed by atoms with Gasteiger partial charge in [0.2, 0.25) is 0 Å². The Balaban J connectivity index is 2.72. The van der Waals surface area contributed by atoms with E-state index in [1.807, 2.05) is 12.1 Å². The second-order valence-corrected chi connectivity index (χ2v) is 5.73. The predicted molar refractivity (Wildman–Crippen MR) is 84.3 cm³/mol. The molecule has 0 aliphatic heterocycles. The lowest BCUT2D eigenvalue weighted by atomic mass is 10.1. The summed E-state index contributed by atoms with van der Waals surface area (Å²) in [6.07, 6.45) is 0.548. The van der Waals surface area contributed by atoms with E-state index in [9.17, 15) is 0 Å². The van der Waals surface area contributed by atoms with E-state index in [0.29, 0.717) is 12.5 Å². The molecule has 1 aromatic rings. The van der Waals surface area contributed by atoms with Gasteiger partial charge >= 0.3 is 0 Å². The van der Waals surface area contributed by atoms with Gasteiger partial charge in [0, 0.05) is 25.6 Å². The number of oxime groups is 1. The summed E-state index contributed by atoms with van der Waals surface area (Å²) in [6, 6.07) is 6.42. The van der Waals surface area contributed by atoms with Crippen LogP contribution in [0.1, 0.15) is 25.8 Å². The first-order valence-corrected chi connectivity index (χ1v) is 7.30. The van der Waals surface area contributed by atoms with E-state index in [1.54, 1.807) is 7.11 Å². The van der Waals surface area contributed by atoms with Crippen LogP contribution < -0.4 is 10.5 Å². The molecule has 3 N–H and O–H groups in total. The minimum atomic E-state index is 0.256. The number of benzene rings is 1. The lowest BCUT2D eigenvalue weighted by molar-refractivity contribution is 0.217. The van der Waals surface area contributed by atoms with Gasteiger partial charge in [-0.05, 0) is 47.5 Å². The van der Waals surface area contributed by atoms with Gasteiger partial charge in [-0.25, -0.2) is 0 Å². The van der Waals surface area contributed by atoms with Crippen molar-refractivity contribution in [1.29, 1.82) is 0 Å². The molecule has 0 aliphatic rings. The maximum Gasteiger partial charge on any atom is 0.140 e. The summed E-state index contributed by atoms with van der Waals surface area (Å²) in [5.74, 6) is 1.08. The fraction of sp³-hybridized carbons (Fsp3) is 0.500. The van der Waals surface area contributed by atoms with Crippen LogP contribution in [0.25, 0.3) is 0 Å². The number of nitrogens with two attached hydrogens (primary N) is 1. The Hall–Kier alpha value is -1.27. The summed E-state index contributed by atoms with van der Waals surface area (Å²) in [4.78, 5) is 2.27. The average Bonchev–Trinajstić information content (AvgIpc) is 2.42. The van der Waals surface area contributed by atoms with Crippen LogP contribution in [-0.4, -0.2) is 35.6 Å². The molecule has 0 spiro atoms. The van der Waals surface area contributed by atoms with Gasteiger partial charge in [-0.3, -0.25) is 4.90 Å². The summed E-state index contributed by atoms with van der Waals surface area (Å²) in [5, 5.41) is 11.6. The van der Waals surface area contributed by atoms with Gasteiger partial charge in [0.1, 0.15) is 11.6 Å². The van der Waals surface area contributed by atoms with Crippen molar-refractivity contribution in [3.05, 3.63) is 28.2 Å². The molecule has 0 heterocycles. The first-order chi connectivity index (χ1) is 9.47. The van der Waals surface area contributed by atoms with Gasteiger partial charge in [0.15, 0.2) is 0 Å². The van der Waals surface area contributed by atoms with Crippen LogP contribution in [0.4, 0.5) is 0 Å². The van der Waals surface area contributed by atoms with E-state index in [2.05, 4.69) is 45.9 Å². The van der Waals surface area contributed by atoms with Crippen molar-refractivity contribution < 1.29 is 9.94 Å². The van der Waals surface area contributed by atoms with Crippen molar-refractivity contribution in [3.8, 4) is 5.75 Å². The molecule has 112 valence electrons. The maximum absolute atomic E-state index is 8.59. The highest BCUT2D eigenvalue weighted by Gasteiger charge is 2.12. The monoisotopic (exact) mass is 343 g/mol. The minimum absolute atomic E-state index is 0.256. The third-order valence-corrected chi connectivity index (χ3v) is 3.74. The number of nitrogens with zero attached hydrogens (tertiary/aromatic N) is 2. The number of rotatable bonds is 7. The summed E-state index contributed by atoms with van der Waals surface area (Å²) in [5.41, 5.74) is 6.71. The number of ether oxygens (including phenoxy) is 1. The fourth-order valence-electron chi connectivity index (χ4n) is 1.87. The van der Waals surface area contributed by atoms with Crippen molar-refractivity contribution in [2.45, 2.75) is 32.9 Å². The molecule has 0 bridgehead atoms. The number of halogens is 1. The quantitative estimate of drug-likeness (QED) is 0.345. The van der Waals surface area contributed by atoms with Crippen LogP contribution >= 0.6 is 15.9 Å². The molecule has 5 nitrogen and oxygen atoms in total. The van der Waals surface area contributed by atoms with E-state index < -0.39 is 0 Å². The SMILES string of the molecule is COc1ccc(CN(CCC(N)=NO)C(C)C)cc1Br. The predicted octanol–water partition coefficient (Wildman–Crippen LogP) is 2.80. The normalized spacial score (nSPS) is 12.2. The third-order valence-electron chi connectivity index (χ3n) is 3.12. The Morgan fingerprint density at radius 2 is 2.20 bits per heavy atom. The molecule has 1 aromatic carbocycles. The molecule has 20 heavy (non-hydrogen) atoms. The minimum Gasteiger partial charge on any atom is -0.496 e. The molecule has 1 rings (SSSR count). The smallest absolute Gasteiger partial charge is 0.140 e. The highest BCUT2D eigenvalue weighted by molar-refractivity contribution is 9.10. The van der Waals surface area contributed by atoms with Gasteiger partial charge in [-0.15, -0.1) is 0 Å². The van der Waals surface area contributed by atoms with E-state index in [0.717, 1.165) is 23.3 Å². The molecule has 0 aliphatic carbocycles. The van der Waals surface area contributed by atoms with Crippen molar-refractivity contribution >= 4 is 21.8 Å². The van der Waals surface area contributed by atoms with Crippen molar-refractivity contribution in [2.75, 3.05) is 13.7 Å². The molecule has 0 fully saturated rings. The van der Waals surface area contributed by atoms with Gasteiger partial charge in [0.25, 0.3) is 0 Å². The van der Waals surface area contributed by atoms with Gasteiger partial charge in [-0.1, -0.05) is 11.2 Å². The summed E-state index contributed by atoms with van der Waals surface area (Å²) in [7, 11) is 1.65. The number of hydrogen-bond acceptors (Lipinski definition) is 4. The fourth-order valence-corrected chi connectivity index (χ4v) is 2.46. The van der Waals surface area contributed by atoms with Crippen molar-refractivity contribution in [3.63, 3.8) is 0 Å². The topological polar surface area (TPSA) is 71.1 Å². The Morgan fingerprint density at radius 3 is 2.70 bits per heavy atom. The Labute approximate surface area is 128 Å². The Morgan fingerprint density at radius 1 is 1.50 bits per heavy atom. The molecule has 0 saturated carbocycles. The van der Waals surface area contributed by atoms with Gasteiger partial charge in [-0.2, -0.15) is 0 Å². The van der Waals surface area contributed by atoms with Gasteiger partial charge < -0.3 is 15.7 Å². The van der Waals surface area contributed by atoms with Crippen LogP contribution in [0.15, 0.2) is 27.8 Å². The molecule has 0 amide bonds. The van der Waals surface area contributed by atoms with Crippen LogP contribution in [0.5, 0.6) is 5.75 Å². The van der Waals surface area contributed by atoms with E-state index in [4.69, 9.17) is 15.7 Å². The molecule has 0 radical (unpaired) electrons. The van der Waals surface area contributed by atoms with E-state index in [1.165, 1.54) is 5.56 Å². The highest BCUT2D eigenvalue weighted by Crippen LogP contribution is 2.26. The summed E-state index contributed by atoms with van der Waals surface area (Å²) < 4.78 is 6.17. The third kappa shape index (κ3) is 5.02. The van der Waals surface area contributed by atoms with E-state index >= 15 is 0 Å². The second kappa shape index (κ2) is 8.11. The lowest BCUT2D eigenvalue weighted by Gasteiger charge is -2.26. The number of hydrogen-bond donors (Lipinski definition) is 2. The lowest BCUT2D eigenvalue weighted by Crippen LogP contribution is -2.33. The number of amidine groups is 1. The maximum atomic E-state index is 8.59. The summed E-state index contributed by atoms with van der Waals surface area (Å²) in [6.45, 7) is 5.81. The first kappa shape index (κ1) is 16.8. The first-order valence-electron chi connectivity index (χ1n) is 6.50. The van der Waals surface area contributed by atoms with Crippen molar-refractivity contribution in [2.24, 2.45) is 10.9 Å². The van der Waals surface area contributed by atoms with Crippen molar-refractivity contribution in [1.82, 2.24) is 4.90 Å². The second-order valence-electron chi connectivity index (χ2n) is 4.87. The number of methoxy groups -OCH3 is 1. The van der Waals surface area contributed by atoms with Gasteiger partial charge in [0.05, 0.1) is 11.6 Å². The molecule has 0 aromatic heterocycles. The zero-order chi connectivity index (χ0) is 15.1. The highest BCUT2D eigenvalue weighted by atomic mass is 79.9. The van der Waals surface area contributed by atoms with Crippen LogP contribution in [0.2, 0.25) is 0 Å². The van der Waals surface area contributed by atoms with E-state index in [-0.39, 0.29) is 5.84 Å². The molecular weight excluding hydrogens is 322 g/mol. The van der Waals surface area contributed by atoms with Crippen LogP contribution in [0, 0.1) is 0 Å². The van der Waals surface area contributed by atoms with Crippen LogP contribution in [0.3, 0.4) is 0 Å². The summed E-state index contributed by atoms with van der Waals surface area (Å²) >= 11 is 3.49. The molecule has 0 saturated heterocycles. The molecule has 0 atom stereocenters. The van der Waals surface area contributed by atoms with Crippen LogP contribution in [-0.2, 0) is 6.54 Å². The molecule has 0 unspecified atom stereocenters. The Bertz CT molecular complexity index is 464. The Kier molecular flexibility index (Phi) is 6.81. The average molecular weight is 344 g/mol. The zero-order valence-electron chi connectivity index (χ0n) is 12.1. The zero-order valence-corrected chi connectivity index (χ0v) is 13.7.